The molecule has 44 heavy (non-hydrogen) atoms. The maximum absolute atomic E-state index is 13.3. The lowest BCUT2D eigenvalue weighted by atomic mass is 9.92. The molecule has 0 radical (unpaired) electrons. The molecule has 0 saturated heterocycles. The van der Waals surface area contributed by atoms with Crippen LogP contribution in [0.4, 0.5) is 22.1 Å². The number of anilines is 3. The summed E-state index contributed by atoms with van der Waals surface area (Å²) in [5.74, 6) is 1.20. The van der Waals surface area contributed by atoms with Crippen molar-refractivity contribution >= 4 is 40.2 Å². The lowest BCUT2D eigenvalue weighted by Gasteiger charge is -2.14. The van der Waals surface area contributed by atoms with Gasteiger partial charge in [0.2, 0.25) is 0 Å². The average molecular weight is 594 g/mol. The Kier molecular flexibility index (Phi) is 8.86. The van der Waals surface area contributed by atoms with E-state index in [0.29, 0.717) is 34.0 Å². The first-order valence-corrected chi connectivity index (χ1v) is 14.1. The van der Waals surface area contributed by atoms with Crippen molar-refractivity contribution in [1.82, 2.24) is 19.7 Å². The van der Waals surface area contributed by atoms with E-state index in [4.69, 9.17) is 14.6 Å². The number of urea groups is 1. The van der Waals surface area contributed by atoms with E-state index in [9.17, 15) is 9.59 Å². The number of amides is 3. The molecule has 11 heteroatoms. The monoisotopic (exact) mass is 593 g/mol. The summed E-state index contributed by atoms with van der Waals surface area (Å²) in [5, 5.41) is 14.1. The van der Waals surface area contributed by atoms with Crippen LogP contribution in [0.15, 0.2) is 79.1 Å². The highest BCUT2D eigenvalue weighted by molar-refractivity contribution is 6.06. The number of nitrogens with zero attached hydrogens (tertiary/aromatic N) is 4. The van der Waals surface area contributed by atoms with Gasteiger partial charge in [0.25, 0.3) is 5.91 Å². The molecule has 0 fully saturated rings. The van der Waals surface area contributed by atoms with Crippen LogP contribution in [0.3, 0.4) is 0 Å². The third-order valence-corrected chi connectivity index (χ3v) is 6.74. The lowest BCUT2D eigenvalue weighted by molar-refractivity contribution is -0.119. The van der Waals surface area contributed by atoms with Crippen LogP contribution in [-0.4, -0.2) is 45.4 Å². The number of pyridine rings is 2. The first-order valence-electron chi connectivity index (χ1n) is 14.1. The SMILES string of the molecule is COCC(=O)Nc1cc(COc2ccc(NC(=O)Nc3cc(C(C)(C)C)nn3-c3ccc(C)cc3)c3cccnc23)ccn1. The first-order chi connectivity index (χ1) is 21.1. The van der Waals surface area contributed by atoms with Gasteiger partial charge in [0.1, 0.15) is 36.1 Å². The summed E-state index contributed by atoms with van der Waals surface area (Å²) in [6, 6.07) is 20.2. The van der Waals surface area contributed by atoms with Crippen molar-refractivity contribution in [2.24, 2.45) is 0 Å². The average Bonchev–Trinajstić information content (AvgIpc) is 3.42. The minimum atomic E-state index is -0.419. The van der Waals surface area contributed by atoms with Crippen LogP contribution < -0.4 is 20.7 Å². The standard InChI is InChI=1S/C33H35N7O4/c1-21-8-10-23(11-9-21)40-29(18-27(39-40)33(2,3)4)38-32(42)36-25-12-13-26(31-24(25)7-6-15-35-31)44-19-22-14-16-34-28(17-22)37-30(41)20-43-5/h6-18H,19-20H2,1-5H3,(H,34,37,41)(H2,36,38,42). The Labute approximate surface area is 255 Å². The van der Waals surface area contributed by atoms with Crippen LogP contribution in [0, 0.1) is 6.92 Å². The Bertz CT molecular complexity index is 1790. The molecule has 226 valence electrons. The van der Waals surface area contributed by atoms with Gasteiger partial charge in [-0.25, -0.2) is 14.5 Å². The number of hydrogen-bond acceptors (Lipinski definition) is 7. The first kappa shape index (κ1) is 30.2. The molecule has 0 saturated carbocycles. The fourth-order valence-corrected chi connectivity index (χ4v) is 4.47. The van der Waals surface area contributed by atoms with Gasteiger partial charge in [-0.2, -0.15) is 5.10 Å². The number of nitrogens with one attached hydrogen (secondary N) is 3. The number of carbonyl (C=O) groups excluding carboxylic acids is 2. The number of methoxy groups -OCH3 is 1. The van der Waals surface area contributed by atoms with Crippen LogP contribution >= 0.6 is 0 Å². The zero-order valence-electron chi connectivity index (χ0n) is 25.3. The van der Waals surface area contributed by atoms with Crippen molar-refractivity contribution < 1.29 is 19.1 Å². The van der Waals surface area contributed by atoms with Crippen LogP contribution in [0.25, 0.3) is 16.6 Å². The topological polar surface area (TPSA) is 132 Å². The second-order valence-electron chi connectivity index (χ2n) is 11.3. The minimum absolute atomic E-state index is 0.0627. The van der Waals surface area contributed by atoms with Gasteiger partial charge in [-0.1, -0.05) is 38.5 Å². The van der Waals surface area contributed by atoms with E-state index in [0.717, 1.165) is 22.5 Å². The van der Waals surface area contributed by atoms with Gasteiger partial charge in [-0.05, 0) is 61.0 Å². The molecule has 5 rings (SSSR count). The predicted molar refractivity (Wildman–Crippen MR) is 170 cm³/mol. The number of aromatic nitrogens is 4. The second-order valence-corrected chi connectivity index (χ2v) is 11.3. The van der Waals surface area contributed by atoms with E-state index >= 15 is 0 Å². The molecule has 0 aliphatic carbocycles. The highest BCUT2D eigenvalue weighted by Gasteiger charge is 2.22. The Balaban J connectivity index is 1.33. The van der Waals surface area contributed by atoms with E-state index in [1.54, 1.807) is 47.4 Å². The molecule has 3 aromatic heterocycles. The molecule has 0 bridgehead atoms. The van der Waals surface area contributed by atoms with Gasteiger partial charge in [0, 0.05) is 36.4 Å². The fourth-order valence-electron chi connectivity index (χ4n) is 4.47. The molecule has 0 unspecified atom stereocenters. The Morgan fingerprint density at radius 3 is 2.45 bits per heavy atom. The normalized spacial score (nSPS) is 11.3. The smallest absolute Gasteiger partial charge is 0.324 e. The quantitative estimate of drug-likeness (QED) is 0.185. The molecule has 5 aromatic rings. The number of fused-ring (bicyclic) bond motifs is 1. The molecule has 3 amide bonds. The number of rotatable bonds is 9. The third kappa shape index (κ3) is 7.19. The van der Waals surface area contributed by atoms with Crippen LogP contribution in [0.2, 0.25) is 0 Å². The summed E-state index contributed by atoms with van der Waals surface area (Å²) in [7, 11) is 1.45. The van der Waals surface area contributed by atoms with Gasteiger partial charge in [0.05, 0.1) is 17.1 Å². The van der Waals surface area contributed by atoms with E-state index in [1.807, 2.05) is 43.3 Å². The number of carbonyl (C=O) groups is 2. The Hall–Kier alpha value is -5.29. The lowest BCUT2D eigenvalue weighted by Crippen LogP contribution is -2.21. The molecule has 0 aliphatic rings. The second kappa shape index (κ2) is 12.9. The zero-order valence-corrected chi connectivity index (χ0v) is 25.3. The van der Waals surface area contributed by atoms with Gasteiger partial charge in [0.15, 0.2) is 0 Å². The third-order valence-electron chi connectivity index (χ3n) is 6.74. The Morgan fingerprint density at radius 1 is 0.909 bits per heavy atom. The molecular weight excluding hydrogens is 558 g/mol. The zero-order chi connectivity index (χ0) is 31.3. The summed E-state index contributed by atoms with van der Waals surface area (Å²) < 4.78 is 12.7. The van der Waals surface area contributed by atoms with Crippen molar-refractivity contribution in [2.45, 2.75) is 39.7 Å². The number of aryl methyl sites for hydroxylation is 1. The molecular formula is C33H35N7O4. The molecule has 3 N–H and O–H groups in total. The highest BCUT2D eigenvalue weighted by atomic mass is 16.5. The number of benzene rings is 2. The summed E-state index contributed by atoms with van der Waals surface area (Å²) in [6.07, 6.45) is 3.27. The molecule has 0 atom stereocenters. The maximum atomic E-state index is 13.3. The van der Waals surface area contributed by atoms with Gasteiger partial charge in [-0.15, -0.1) is 0 Å². The predicted octanol–water partition coefficient (Wildman–Crippen LogP) is 6.23. The Morgan fingerprint density at radius 2 is 1.70 bits per heavy atom. The number of hydrogen-bond donors (Lipinski definition) is 3. The fraction of sp³-hybridized carbons (Fsp3) is 0.242. The summed E-state index contributed by atoms with van der Waals surface area (Å²) in [6.45, 7) is 8.42. The van der Waals surface area contributed by atoms with Crippen molar-refractivity contribution in [3.05, 3.63) is 95.9 Å². The largest absolute Gasteiger partial charge is 0.487 e. The maximum Gasteiger partial charge on any atom is 0.324 e. The molecule has 0 spiro atoms. The van der Waals surface area contributed by atoms with Gasteiger partial charge in [-0.3, -0.25) is 15.1 Å². The van der Waals surface area contributed by atoms with Gasteiger partial charge < -0.3 is 20.1 Å². The summed E-state index contributed by atoms with van der Waals surface area (Å²) in [4.78, 5) is 33.8. The van der Waals surface area contributed by atoms with Crippen molar-refractivity contribution in [3.63, 3.8) is 0 Å². The van der Waals surface area contributed by atoms with Crippen molar-refractivity contribution in [1.29, 1.82) is 0 Å². The molecule has 2 aromatic carbocycles. The van der Waals surface area contributed by atoms with Crippen LogP contribution in [-0.2, 0) is 21.6 Å². The van der Waals surface area contributed by atoms with Crippen molar-refractivity contribution in [3.8, 4) is 11.4 Å². The summed E-state index contributed by atoms with van der Waals surface area (Å²) in [5.41, 5.74) is 4.58. The summed E-state index contributed by atoms with van der Waals surface area (Å²) >= 11 is 0. The highest BCUT2D eigenvalue weighted by Crippen LogP contribution is 2.31. The van der Waals surface area contributed by atoms with E-state index in [2.05, 4.69) is 46.7 Å². The molecule has 0 aliphatic heterocycles. The van der Waals surface area contributed by atoms with Crippen LogP contribution in [0.5, 0.6) is 5.75 Å². The number of ether oxygens (including phenoxy) is 2. The minimum Gasteiger partial charge on any atom is -0.487 e. The van der Waals surface area contributed by atoms with E-state index < -0.39 is 6.03 Å². The molecule has 11 nitrogen and oxygen atoms in total. The van der Waals surface area contributed by atoms with E-state index in [1.165, 1.54) is 7.11 Å². The van der Waals surface area contributed by atoms with E-state index in [-0.39, 0.29) is 24.5 Å². The molecule has 3 heterocycles. The van der Waals surface area contributed by atoms with Crippen LogP contribution in [0.1, 0.15) is 37.6 Å². The van der Waals surface area contributed by atoms with Gasteiger partial charge >= 0.3 is 6.03 Å². The van der Waals surface area contributed by atoms with Crippen molar-refractivity contribution in [2.75, 3.05) is 29.7 Å².